The molecule has 4 heterocycles. The van der Waals surface area contributed by atoms with Crippen molar-refractivity contribution < 1.29 is 14.3 Å². The molecular formula is C28H22N6O3S. The normalized spacial score (nSPS) is 16.0. The van der Waals surface area contributed by atoms with Gasteiger partial charge in [0, 0.05) is 46.7 Å². The largest absolute Gasteiger partial charge is 0.497 e. The average Bonchev–Trinajstić information content (AvgIpc) is 3.53. The van der Waals surface area contributed by atoms with Crippen LogP contribution in [0.2, 0.25) is 0 Å². The number of ether oxygens (including phenoxy) is 2. The van der Waals surface area contributed by atoms with Gasteiger partial charge in [-0.3, -0.25) is 15.2 Å². The number of para-hydroxylation sites is 1. The highest BCUT2D eigenvalue weighted by Crippen LogP contribution is 2.32. The van der Waals surface area contributed by atoms with Crippen LogP contribution in [0.4, 0.5) is 0 Å². The molecule has 0 bridgehead atoms. The van der Waals surface area contributed by atoms with Crippen molar-refractivity contribution in [1.29, 1.82) is 5.41 Å². The Balaban J connectivity index is 1.27. The Morgan fingerprint density at radius 2 is 1.95 bits per heavy atom. The molecule has 2 aliphatic rings. The van der Waals surface area contributed by atoms with Crippen molar-refractivity contribution in [2.75, 3.05) is 13.7 Å². The average molecular weight is 523 g/mol. The standard InChI is InChI=1S/C28H22N6O3S/c1-36-20-7-4-8-21(15-20)37-13-12-33-17-19(22-9-2-3-10-24(22)33)14-23-25(29)34-28(31-26(23)35)38-27(32-34)18-6-5-11-30-16-18/h2-11,14-17,29H,12-13H2,1H3/b23-14-,29-25?. The van der Waals surface area contributed by atoms with Gasteiger partial charge < -0.3 is 14.0 Å². The van der Waals surface area contributed by atoms with E-state index in [2.05, 4.69) is 19.6 Å². The van der Waals surface area contributed by atoms with Gasteiger partial charge in [-0.15, -0.1) is 0 Å². The van der Waals surface area contributed by atoms with Crippen LogP contribution in [0.5, 0.6) is 11.5 Å². The van der Waals surface area contributed by atoms with Crippen molar-refractivity contribution in [2.24, 2.45) is 10.1 Å². The summed E-state index contributed by atoms with van der Waals surface area (Å²) in [5.41, 5.74) is 2.80. The number of rotatable bonds is 7. The highest BCUT2D eigenvalue weighted by molar-refractivity contribution is 8.27. The summed E-state index contributed by atoms with van der Waals surface area (Å²) in [5, 5.41) is 16.7. The Bertz CT molecular complexity index is 1660. The summed E-state index contributed by atoms with van der Waals surface area (Å²) >= 11 is 1.25. The maximum Gasteiger partial charge on any atom is 0.283 e. The van der Waals surface area contributed by atoms with Gasteiger partial charge >= 0.3 is 0 Å². The van der Waals surface area contributed by atoms with E-state index in [1.807, 2.05) is 66.9 Å². The lowest BCUT2D eigenvalue weighted by atomic mass is 10.1. The van der Waals surface area contributed by atoms with Gasteiger partial charge in [0.1, 0.15) is 23.1 Å². The van der Waals surface area contributed by atoms with Gasteiger partial charge in [-0.05, 0) is 48.2 Å². The van der Waals surface area contributed by atoms with Gasteiger partial charge in [0.15, 0.2) is 5.84 Å². The first-order chi connectivity index (χ1) is 18.6. The van der Waals surface area contributed by atoms with E-state index < -0.39 is 5.91 Å². The third-order valence-electron chi connectivity index (χ3n) is 6.12. The monoisotopic (exact) mass is 522 g/mol. The first kappa shape index (κ1) is 23.7. The summed E-state index contributed by atoms with van der Waals surface area (Å²) in [5.74, 6) is 0.994. The van der Waals surface area contributed by atoms with Crippen molar-refractivity contribution in [2.45, 2.75) is 6.54 Å². The topological polar surface area (TPSA) is 105 Å². The Morgan fingerprint density at radius 3 is 2.79 bits per heavy atom. The van der Waals surface area contributed by atoms with E-state index in [0.29, 0.717) is 23.4 Å². The molecule has 0 fully saturated rings. The SMILES string of the molecule is COc1cccc(OCCn2cc(/C=C3/C(=N)N4N=C(c5cccnc5)SC4=NC3=O)c3ccccc32)c1. The number of hydrogen-bond acceptors (Lipinski definition) is 7. The number of nitrogens with zero attached hydrogens (tertiary/aromatic N) is 5. The molecule has 2 aliphatic heterocycles. The molecule has 4 aromatic rings. The molecule has 10 heteroatoms. The zero-order valence-electron chi connectivity index (χ0n) is 20.4. The number of amides is 1. The van der Waals surface area contributed by atoms with Crippen LogP contribution >= 0.6 is 11.8 Å². The maximum absolute atomic E-state index is 13.0. The fourth-order valence-corrected chi connectivity index (χ4v) is 5.16. The second kappa shape index (κ2) is 9.98. The Labute approximate surface area is 222 Å². The van der Waals surface area contributed by atoms with Crippen molar-refractivity contribution in [3.05, 3.63) is 96.0 Å². The fraction of sp³-hybridized carbons (Fsp3) is 0.107. The lowest BCUT2D eigenvalue weighted by Crippen LogP contribution is -2.35. The number of carbonyl (C=O) groups excluding carboxylic acids is 1. The van der Waals surface area contributed by atoms with Crippen molar-refractivity contribution in [3.8, 4) is 11.5 Å². The van der Waals surface area contributed by atoms with E-state index >= 15 is 0 Å². The van der Waals surface area contributed by atoms with Crippen molar-refractivity contribution >= 4 is 50.7 Å². The van der Waals surface area contributed by atoms with Crippen LogP contribution in [0.1, 0.15) is 11.1 Å². The molecule has 6 rings (SSSR count). The molecule has 2 aromatic carbocycles. The second-order valence-corrected chi connectivity index (χ2v) is 9.45. The van der Waals surface area contributed by atoms with E-state index in [9.17, 15) is 4.79 Å². The Kier molecular flexibility index (Phi) is 6.22. The minimum Gasteiger partial charge on any atom is -0.497 e. The number of pyridine rings is 1. The molecule has 0 atom stereocenters. The van der Waals surface area contributed by atoms with E-state index in [1.54, 1.807) is 25.6 Å². The van der Waals surface area contributed by atoms with Crippen molar-refractivity contribution in [3.63, 3.8) is 0 Å². The van der Waals surface area contributed by atoms with Gasteiger partial charge in [-0.2, -0.15) is 15.1 Å². The third kappa shape index (κ3) is 4.46. The second-order valence-electron chi connectivity index (χ2n) is 8.49. The Morgan fingerprint density at radius 1 is 1.08 bits per heavy atom. The molecule has 0 aliphatic carbocycles. The quantitative estimate of drug-likeness (QED) is 0.350. The predicted molar refractivity (Wildman–Crippen MR) is 149 cm³/mol. The Hall–Kier alpha value is -4.70. The molecule has 2 aromatic heterocycles. The lowest BCUT2D eigenvalue weighted by Gasteiger charge is -2.20. The van der Waals surface area contributed by atoms with E-state index in [0.717, 1.165) is 33.5 Å². The molecule has 0 saturated carbocycles. The summed E-state index contributed by atoms with van der Waals surface area (Å²) in [4.78, 5) is 21.3. The predicted octanol–water partition coefficient (Wildman–Crippen LogP) is 4.79. The van der Waals surface area contributed by atoms with Crippen LogP contribution < -0.4 is 9.47 Å². The summed E-state index contributed by atoms with van der Waals surface area (Å²) in [6, 6.07) is 19.1. The van der Waals surface area contributed by atoms with Gasteiger partial charge in [-0.1, -0.05) is 24.3 Å². The van der Waals surface area contributed by atoms with Crippen LogP contribution in [0.25, 0.3) is 17.0 Å². The number of hydrazone groups is 1. The zero-order chi connectivity index (χ0) is 26.1. The summed E-state index contributed by atoms with van der Waals surface area (Å²) in [6.45, 7) is 1.04. The molecular weight excluding hydrogens is 500 g/mol. The van der Waals surface area contributed by atoms with Gasteiger partial charge in [-0.25, -0.2) is 0 Å². The van der Waals surface area contributed by atoms with Crippen LogP contribution in [0, 0.1) is 5.41 Å². The van der Waals surface area contributed by atoms with E-state index in [1.165, 1.54) is 16.8 Å². The summed E-state index contributed by atoms with van der Waals surface area (Å²) in [6.07, 6.45) is 7.06. The lowest BCUT2D eigenvalue weighted by molar-refractivity contribution is -0.114. The minimum atomic E-state index is -0.463. The van der Waals surface area contributed by atoms with Gasteiger partial charge in [0.2, 0.25) is 5.17 Å². The number of benzene rings is 2. The van der Waals surface area contributed by atoms with Crippen LogP contribution in [-0.2, 0) is 11.3 Å². The molecule has 0 radical (unpaired) electrons. The van der Waals surface area contributed by atoms with Crippen molar-refractivity contribution in [1.82, 2.24) is 14.6 Å². The highest BCUT2D eigenvalue weighted by Gasteiger charge is 2.36. The zero-order valence-corrected chi connectivity index (χ0v) is 21.2. The highest BCUT2D eigenvalue weighted by atomic mass is 32.2. The van der Waals surface area contributed by atoms with Gasteiger partial charge in [0.05, 0.1) is 19.2 Å². The number of amidine groups is 2. The molecule has 38 heavy (non-hydrogen) atoms. The number of thioether (sulfide) groups is 1. The summed E-state index contributed by atoms with van der Waals surface area (Å²) in [7, 11) is 1.62. The molecule has 0 saturated heterocycles. The number of aromatic nitrogens is 2. The molecule has 1 amide bonds. The number of fused-ring (bicyclic) bond motifs is 2. The summed E-state index contributed by atoms with van der Waals surface area (Å²) < 4.78 is 13.3. The first-order valence-electron chi connectivity index (χ1n) is 11.9. The molecule has 1 N–H and O–H groups in total. The number of methoxy groups -OCH3 is 1. The molecule has 0 spiro atoms. The maximum atomic E-state index is 13.0. The van der Waals surface area contributed by atoms with E-state index in [-0.39, 0.29) is 11.4 Å². The van der Waals surface area contributed by atoms with E-state index in [4.69, 9.17) is 14.9 Å². The smallest absolute Gasteiger partial charge is 0.283 e. The number of aliphatic imine (C=N–C) groups is 1. The number of carbonyl (C=O) groups is 1. The minimum absolute atomic E-state index is 0.00965. The molecule has 0 unspecified atom stereocenters. The van der Waals surface area contributed by atoms with Gasteiger partial charge in [0.25, 0.3) is 5.91 Å². The fourth-order valence-electron chi connectivity index (χ4n) is 4.28. The first-order valence-corrected chi connectivity index (χ1v) is 12.7. The van der Waals surface area contributed by atoms with Crippen LogP contribution in [0.15, 0.2) is 94.9 Å². The number of nitrogens with one attached hydrogen (secondary N) is 1. The van der Waals surface area contributed by atoms with Crippen LogP contribution in [0.3, 0.4) is 0 Å². The van der Waals surface area contributed by atoms with Crippen LogP contribution in [-0.4, -0.2) is 50.2 Å². The third-order valence-corrected chi connectivity index (χ3v) is 7.08. The number of hydrogen-bond donors (Lipinski definition) is 1. The molecule has 9 nitrogen and oxygen atoms in total. The molecule has 188 valence electrons.